The molecule has 0 radical (unpaired) electrons. The van der Waals surface area contributed by atoms with E-state index in [2.05, 4.69) is 10.2 Å². The van der Waals surface area contributed by atoms with Crippen molar-refractivity contribution in [2.24, 2.45) is 10.2 Å². The minimum Gasteiger partial charge on any atom is -0.504 e. The van der Waals surface area contributed by atoms with Crippen LogP contribution in [0, 0.1) is 0 Å². The average molecular weight is 450 g/mol. The van der Waals surface area contributed by atoms with Crippen molar-refractivity contribution < 1.29 is 20.4 Å². The van der Waals surface area contributed by atoms with Crippen LogP contribution in [0.15, 0.2) is 95.2 Å². The molecule has 0 spiro atoms. The molecule has 0 bridgehead atoms. The van der Waals surface area contributed by atoms with Crippen LogP contribution in [0.25, 0.3) is 24.3 Å². The van der Waals surface area contributed by atoms with Crippen LogP contribution in [-0.2, 0) is 0 Å². The third-order valence-corrected chi connectivity index (χ3v) is 5.10. The Morgan fingerprint density at radius 2 is 0.794 bits per heavy atom. The van der Waals surface area contributed by atoms with Crippen molar-refractivity contribution in [3.63, 3.8) is 0 Å². The van der Waals surface area contributed by atoms with Gasteiger partial charge >= 0.3 is 0 Å². The first-order chi connectivity index (χ1) is 16.5. The van der Waals surface area contributed by atoms with Crippen LogP contribution in [0.4, 0.5) is 11.4 Å². The van der Waals surface area contributed by atoms with Crippen molar-refractivity contribution in [2.45, 2.75) is 0 Å². The summed E-state index contributed by atoms with van der Waals surface area (Å²) in [6.45, 7) is 0. The number of nitrogens with zero attached hydrogens (tertiary/aromatic N) is 2. The first kappa shape index (κ1) is 22.4. The van der Waals surface area contributed by atoms with Gasteiger partial charge in [0.05, 0.1) is 0 Å². The molecule has 0 unspecified atom stereocenters. The molecule has 6 heteroatoms. The zero-order chi connectivity index (χ0) is 23.9. The Kier molecular flexibility index (Phi) is 6.70. The molecule has 0 aliphatic rings. The van der Waals surface area contributed by atoms with E-state index in [9.17, 15) is 20.4 Å². The minimum atomic E-state index is -0.440. The van der Waals surface area contributed by atoms with Crippen LogP contribution >= 0.6 is 0 Å². The molecule has 34 heavy (non-hydrogen) atoms. The van der Waals surface area contributed by atoms with E-state index in [4.69, 9.17) is 0 Å². The van der Waals surface area contributed by atoms with Gasteiger partial charge < -0.3 is 20.4 Å². The van der Waals surface area contributed by atoms with Gasteiger partial charge in [-0.3, -0.25) is 0 Å². The normalized spacial score (nSPS) is 11.6. The van der Waals surface area contributed by atoms with E-state index in [-0.39, 0.29) is 22.9 Å². The van der Waals surface area contributed by atoms with E-state index in [1.165, 1.54) is 12.1 Å². The SMILES string of the molecule is Oc1c(/C=C/c2ccccc2)ccc(N=Nc2ccc(/C=C/c3ccccc3)c(O)c2O)c1O. The third-order valence-electron chi connectivity index (χ3n) is 5.10. The lowest BCUT2D eigenvalue weighted by Gasteiger charge is -2.06. The molecule has 0 aliphatic carbocycles. The highest BCUT2D eigenvalue weighted by Gasteiger charge is 2.12. The maximum Gasteiger partial charge on any atom is 0.186 e. The second kappa shape index (κ2) is 10.2. The molecule has 4 rings (SSSR count). The van der Waals surface area contributed by atoms with Crippen molar-refractivity contribution in [3.05, 3.63) is 107 Å². The molecule has 4 aromatic rings. The number of hydrogen-bond donors (Lipinski definition) is 4. The van der Waals surface area contributed by atoms with Gasteiger partial charge in [-0.15, -0.1) is 10.2 Å². The molecule has 0 heterocycles. The average Bonchev–Trinajstić information content (AvgIpc) is 2.87. The Morgan fingerprint density at radius 3 is 1.18 bits per heavy atom. The summed E-state index contributed by atoms with van der Waals surface area (Å²) in [4.78, 5) is 0. The van der Waals surface area contributed by atoms with Crippen LogP contribution in [0.5, 0.6) is 23.0 Å². The fourth-order valence-electron chi connectivity index (χ4n) is 3.21. The summed E-state index contributed by atoms with van der Waals surface area (Å²) >= 11 is 0. The molecule has 168 valence electrons. The predicted molar refractivity (Wildman–Crippen MR) is 134 cm³/mol. The van der Waals surface area contributed by atoms with Gasteiger partial charge in [0, 0.05) is 11.1 Å². The number of benzene rings is 4. The summed E-state index contributed by atoms with van der Waals surface area (Å²) in [5, 5.41) is 49.2. The molecule has 4 aromatic carbocycles. The van der Waals surface area contributed by atoms with Crippen molar-refractivity contribution in [1.82, 2.24) is 0 Å². The number of phenols is 4. The highest BCUT2D eigenvalue weighted by atomic mass is 16.3. The lowest BCUT2D eigenvalue weighted by Crippen LogP contribution is -1.79. The molecule has 0 atom stereocenters. The lowest BCUT2D eigenvalue weighted by molar-refractivity contribution is 0.402. The van der Waals surface area contributed by atoms with Gasteiger partial charge in [0.15, 0.2) is 23.0 Å². The van der Waals surface area contributed by atoms with E-state index >= 15 is 0 Å². The topological polar surface area (TPSA) is 106 Å². The fraction of sp³-hybridized carbons (Fsp3) is 0. The fourth-order valence-corrected chi connectivity index (χ4v) is 3.21. The quantitative estimate of drug-likeness (QED) is 0.141. The van der Waals surface area contributed by atoms with Crippen LogP contribution in [0.3, 0.4) is 0 Å². The van der Waals surface area contributed by atoms with Crippen molar-refractivity contribution in [1.29, 1.82) is 0 Å². The number of aromatic hydroxyl groups is 4. The molecule has 0 aliphatic heterocycles. The predicted octanol–water partition coefficient (Wildman–Crippen LogP) is 7.27. The van der Waals surface area contributed by atoms with Gasteiger partial charge in [0.2, 0.25) is 0 Å². The highest BCUT2D eigenvalue weighted by Crippen LogP contribution is 2.42. The summed E-state index contributed by atoms with van der Waals surface area (Å²) in [5.41, 5.74) is 2.75. The van der Waals surface area contributed by atoms with Gasteiger partial charge in [-0.2, -0.15) is 0 Å². The van der Waals surface area contributed by atoms with E-state index in [1.54, 1.807) is 24.3 Å². The van der Waals surface area contributed by atoms with Crippen LogP contribution in [0.2, 0.25) is 0 Å². The van der Waals surface area contributed by atoms with Crippen molar-refractivity contribution in [3.8, 4) is 23.0 Å². The van der Waals surface area contributed by atoms with E-state index in [1.807, 2.05) is 72.8 Å². The Balaban J connectivity index is 1.54. The third kappa shape index (κ3) is 5.14. The summed E-state index contributed by atoms with van der Waals surface area (Å²) < 4.78 is 0. The van der Waals surface area contributed by atoms with Gasteiger partial charge in [-0.05, 0) is 35.4 Å². The molecule has 0 amide bonds. The molecule has 0 fully saturated rings. The highest BCUT2D eigenvalue weighted by molar-refractivity contribution is 5.78. The number of hydrogen-bond acceptors (Lipinski definition) is 6. The summed E-state index contributed by atoms with van der Waals surface area (Å²) in [5.74, 6) is -1.55. The Labute approximate surface area is 196 Å². The molecular formula is C28H22N2O4. The Hall–Kier alpha value is -4.84. The smallest absolute Gasteiger partial charge is 0.186 e. The Bertz CT molecular complexity index is 1270. The molecule has 0 saturated carbocycles. The monoisotopic (exact) mass is 450 g/mol. The number of rotatable bonds is 6. The Morgan fingerprint density at radius 1 is 0.412 bits per heavy atom. The lowest BCUT2D eigenvalue weighted by atomic mass is 10.1. The molecular weight excluding hydrogens is 428 g/mol. The van der Waals surface area contributed by atoms with Crippen molar-refractivity contribution >= 4 is 35.7 Å². The first-order valence-electron chi connectivity index (χ1n) is 10.5. The van der Waals surface area contributed by atoms with E-state index in [0.717, 1.165) is 11.1 Å². The van der Waals surface area contributed by atoms with Gasteiger partial charge in [-0.1, -0.05) is 85.0 Å². The standard InChI is InChI=1S/C28H22N2O4/c31-25-21(13-11-19-7-3-1-4-8-19)15-17-23(27(25)33)29-30-24-18-16-22(26(32)28(24)34)14-12-20-9-5-2-6-10-20/h1-18,31-34H/b13-11+,14-12+,30-29?. The zero-order valence-corrected chi connectivity index (χ0v) is 18.1. The second-order valence-corrected chi connectivity index (χ2v) is 7.43. The van der Waals surface area contributed by atoms with Crippen LogP contribution in [-0.4, -0.2) is 20.4 Å². The molecule has 6 nitrogen and oxygen atoms in total. The summed E-state index contributed by atoms with van der Waals surface area (Å²) in [7, 11) is 0. The van der Waals surface area contributed by atoms with E-state index < -0.39 is 11.5 Å². The maximum absolute atomic E-state index is 10.3. The van der Waals surface area contributed by atoms with Gasteiger partial charge in [0.1, 0.15) is 11.4 Å². The molecule has 0 aromatic heterocycles. The van der Waals surface area contributed by atoms with E-state index in [0.29, 0.717) is 11.1 Å². The summed E-state index contributed by atoms with van der Waals surface area (Å²) in [6, 6.07) is 25.3. The van der Waals surface area contributed by atoms with Crippen LogP contribution < -0.4 is 0 Å². The van der Waals surface area contributed by atoms with Gasteiger partial charge in [-0.25, -0.2) is 0 Å². The van der Waals surface area contributed by atoms with Gasteiger partial charge in [0.25, 0.3) is 0 Å². The minimum absolute atomic E-state index is 0.0151. The summed E-state index contributed by atoms with van der Waals surface area (Å²) in [6.07, 6.45) is 6.97. The zero-order valence-electron chi connectivity index (χ0n) is 18.1. The number of azo groups is 1. The second-order valence-electron chi connectivity index (χ2n) is 7.43. The molecule has 0 saturated heterocycles. The van der Waals surface area contributed by atoms with Crippen LogP contribution in [0.1, 0.15) is 22.3 Å². The van der Waals surface area contributed by atoms with Crippen molar-refractivity contribution in [2.75, 3.05) is 0 Å². The first-order valence-corrected chi connectivity index (χ1v) is 10.5. The molecule has 4 N–H and O–H groups in total. The number of phenolic OH excluding ortho intramolecular Hbond substituents is 4. The maximum atomic E-state index is 10.3. The largest absolute Gasteiger partial charge is 0.504 e.